The van der Waals surface area contributed by atoms with Crippen LogP contribution in [0, 0.1) is 0 Å². The van der Waals surface area contributed by atoms with Crippen molar-refractivity contribution in [3.05, 3.63) is 58.6 Å². The molecular weight excluding hydrogens is 332 g/mol. The number of halogens is 1. The maximum Gasteiger partial charge on any atom is 0.316 e. The number of benzene rings is 2. The van der Waals surface area contributed by atoms with Crippen LogP contribution in [0.3, 0.4) is 0 Å². The fraction of sp³-hybridized carbons (Fsp3) is 0.125. The second-order valence-electron chi connectivity index (χ2n) is 4.77. The highest BCUT2D eigenvalue weighted by atomic mass is 79.9. The average molecular weight is 345 g/mol. The number of anilines is 2. The maximum absolute atomic E-state index is 12.3. The van der Waals surface area contributed by atoms with Crippen LogP contribution in [0.15, 0.2) is 53.0 Å². The van der Waals surface area contributed by atoms with Crippen LogP contribution in [0.25, 0.3) is 0 Å². The van der Waals surface area contributed by atoms with Gasteiger partial charge in [-0.3, -0.25) is 9.59 Å². The summed E-state index contributed by atoms with van der Waals surface area (Å²) in [5.74, 6) is -1.16. The van der Waals surface area contributed by atoms with Crippen LogP contribution >= 0.6 is 15.9 Å². The van der Waals surface area contributed by atoms with Crippen molar-refractivity contribution in [2.75, 3.05) is 16.8 Å². The number of carbonyl (C=O) groups excluding carboxylic acids is 2. The van der Waals surface area contributed by atoms with Crippen molar-refractivity contribution in [3.63, 3.8) is 0 Å². The molecule has 0 aromatic heterocycles. The maximum atomic E-state index is 12.3. The Morgan fingerprint density at radius 2 is 1.76 bits per heavy atom. The number of nitrogens with one attached hydrogen (secondary N) is 1. The van der Waals surface area contributed by atoms with Gasteiger partial charge < -0.3 is 10.2 Å². The first kappa shape index (κ1) is 13.8. The molecular formula is C16H13BrN2O2. The number of nitrogens with zero attached hydrogens (tertiary/aromatic N) is 1. The first-order valence-corrected chi connectivity index (χ1v) is 7.41. The Kier molecular flexibility index (Phi) is 3.75. The third kappa shape index (κ3) is 2.69. The highest BCUT2D eigenvalue weighted by molar-refractivity contribution is 9.10. The Labute approximate surface area is 130 Å². The minimum Gasteiger partial charge on any atom is -0.317 e. The quantitative estimate of drug-likeness (QED) is 0.808. The Hall–Kier alpha value is -2.14. The second-order valence-corrected chi connectivity index (χ2v) is 5.62. The fourth-order valence-electron chi connectivity index (χ4n) is 2.41. The summed E-state index contributed by atoms with van der Waals surface area (Å²) in [5.41, 5.74) is 2.51. The summed E-state index contributed by atoms with van der Waals surface area (Å²) < 4.78 is 0.743. The van der Waals surface area contributed by atoms with Gasteiger partial charge in [0.1, 0.15) is 0 Å². The average Bonchev–Trinajstić information content (AvgIpc) is 2.92. The summed E-state index contributed by atoms with van der Waals surface area (Å²) in [4.78, 5) is 26.0. The standard InChI is InChI=1S/C16H13BrN2O2/c17-12-6-2-3-7-13(12)18-15(20)16(21)19-10-9-11-5-1-4-8-14(11)19/h1-8H,9-10H2,(H,18,20). The molecule has 21 heavy (non-hydrogen) atoms. The summed E-state index contributed by atoms with van der Waals surface area (Å²) in [6.45, 7) is 0.543. The molecule has 1 heterocycles. The minimum atomic E-state index is -0.626. The molecule has 2 amide bonds. The zero-order chi connectivity index (χ0) is 14.8. The van der Waals surface area contributed by atoms with Gasteiger partial charge in [-0.2, -0.15) is 0 Å². The van der Waals surface area contributed by atoms with Crippen molar-refractivity contribution in [2.24, 2.45) is 0 Å². The predicted octanol–water partition coefficient (Wildman–Crippen LogP) is 2.98. The molecule has 3 rings (SSSR count). The molecule has 0 bridgehead atoms. The Bertz CT molecular complexity index is 715. The SMILES string of the molecule is O=C(Nc1ccccc1Br)C(=O)N1CCc2ccccc21. The number of hydrogen-bond acceptors (Lipinski definition) is 2. The molecule has 0 radical (unpaired) electrons. The van der Waals surface area contributed by atoms with Gasteiger partial charge in [0.05, 0.1) is 5.69 Å². The van der Waals surface area contributed by atoms with Crippen molar-refractivity contribution < 1.29 is 9.59 Å². The van der Waals surface area contributed by atoms with Crippen molar-refractivity contribution in [2.45, 2.75) is 6.42 Å². The molecule has 0 saturated carbocycles. The van der Waals surface area contributed by atoms with E-state index in [1.807, 2.05) is 36.4 Å². The highest BCUT2D eigenvalue weighted by Gasteiger charge is 2.29. The molecule has 0 saturated heterocycles. The number of hydrogen-bond donors (Lipinski definition) is 1. The second kappa shape index (κ2) is 5.69. The molecule has 106 valence electrons. The minimum absolute atomic E-state index is 0.532. The first-order chi connectivity index (χ1) is 10.2. The van der Waals surface area contributed by atoms with Gasteiger partial charge in [0.15, 0.2) is 0 Å². The van der Waals surface area contributed by atoms with E-state index in [0.29, 0.717) is 12.2 Å². The molecule has 0 spiro atoms. The topological polar surface area (TPSA) is 49.4 Å². The summed E-state index contributed by atoms with van der Waals surface area (Å²) in [6, 6.07) is 14.9. The van der Waals surface area contributed by atoms with Gasteiger partial charge in [0.25, 0.3) is 0 Å². The van der Waals surface area contributed by atoms with E-state index in [9.17, 15) is 9.59 Å². The van der Waals surface area contributed by atoms with Crippen LogP contribution in [-0.2, 0) is 16.0 Å². The normalized spacial score (nSPS) is 12.9. The van der Waals surface area contributed by atoms with Gasteiger partial charge in [-0.1, -0.05) is 30.3 Å². The summed E-state index contributed by atoms with van der Waals surface area (Å²) in [7, 11) is 0. The molecule has 0 unspecified atom stereocenters. The van der Waals surface area contributed by atoms with E-state index in [1.165, 1.54) is 4.90 Å². The number of para-hydroxylation sites is 2. The van der Waals surface area contributed by atoms with Gasteiger partial charge >= 0.3 is 11.8 Å². The monoisotopic (exact) mass is 344 g/mol. The van der Waals surface area contributed by atoms with E-state index in [2.05, 4.69) is 21.2 Å². The van der Waals surface area contributed by atoms with Crippen LogP contribution in [-0.4, -0.2) is 18.4 Å². The summed E-state index contributed by atoms with van der Waals surface area (Å²) in [6.07, 6.45) is 0.782. The molecule has 1 N–H and O–H groups in total. The van der Waals surface area contributed by atoms with Gasteiger partial charge in [-0.25, -0.2) is 0 Å². The van der Waals surface area contributed by atoms with Gasteiger partial charge in [0.2, 0.25) is 0 Å². The van der Waals surface area contributed by atoms with E-state index >= 15 is 0 Å². The Balaban J connectivity index is 1.78. The van der Waals surface area contributed by atoms with E-state index in [1.54, 1.807) is 12.1 Å². The lowest BCUT2D eigenvalue weighted by molar-refractivity contribution is -0.134. The fourth-order valence-corrected chi connectivity index (χ4v) is 2.79. The number of rotatable bonds is 1. The summed E-state index contributed by atoms with van der Waals surface area (Å²) in [5, 5.41) is 2.64. The van der Waals surface area contributed by atoms with Crippen molar-refractivity contribution in [1.82, 2.24) is 0 Å². The largest absolute Gasteiger partial charge is 0.317 e. The molecule has 5 heteroatoms. The number of amides is 2. The van der Waals surface area contributed by atoms with Crippen LogP contribution in [0.5, 0.6) is 0 Å². The lowest BCUT2D eigenvalue weighted by atomic mass is 10.2. The van der Waals surface area contributed by atoms with E-state index in [4.69, 9.17) is 0 Å². The zero-order valence-electron chi connectivity index (χ0n) is 11.2. The zero-order valence-corrected chi connectivity index (χ0v) is 12.8. The Morgan fingerprint density at radius 3 is 2.57 bits per heavy atom. The van der Waals surface area contributed by atoms with Gasteiger partial charge in [-0.15, -0.1) is 0 Å². The van der Waals surface area contributed by atoms with Crippen LogP contribution in [0.2, 0.25) is 0 Å². The molecule has 1 aliphatic heterocycles. The predicted molar refractivity (Wildman–Crippen MR) is 85.3 cm³/mol. The van der Waals surface area contributed by atoms with Gasteiger partial charge in [-0.05, 0) is 46.1 Å². The summed E-state index contributed by atoms with van der Waals surface area (Å²) >= 11 is 3.34. The smallest absolute Gasteiger partial charge is 0.316 e. The van der Waals surface area contributed by atoms with Crippen molar-refractivity contribution in [1.29, 1.82) is 0 Å². The van der Waals surface area contributed by atoms with Crippen LogP contribution < -0.4 is 10.2 Å². The lowest BCUT2D eigenvalue weighted by Crippen LogP contribution is -2.38. The molecule has 2 aromatic carbocycles. The molecule has 0 atom stereocenters. The molecule has 0 fully saturated rings. The first-order valence-electron chi connectivity index (χ1n) is 6.62. The van der Waals surface area contributed by atoms with Gasteiger partial charge in [0, 0.05) is 16.7 Å². The Morgan fingerprint density at radius 1 is 1.05 bits per heavy atom. The number of carbonyl (C=O) groups is 2. The van der Waals surface area contributed by atoms with Crippen LogP contribution in [0.1, 0.15) is 5.56 Å². The van der Waals surface area contributed by atoms with E-state index in [0.717, 1.165) is 22.1 Å². The third-order valence-corrected chi connectivity index (χ3v) is 4.14. The van der Waals surface area contributed by atoms with Crippen molar-refractivity contribution >= 4 is 39.1 Å². The van der Waals surface area contributed by atoms with E-state index in [-0.39, 0.29) is 0 Å². The van der Waals surface area contributed by atoms with E-state index < -0.39 is 11.8 Å². The number of fused-ring (bicyclic) bond motifs is 1. The third-order valence-electron chi connectivity index (χ3n) is 3.45. The molecule has 0 aliphatic carbocycles. The van der Waals surface area contributed by atoms with Crippen LogP contribution in [0.4, 0.5) is 11.4 Å². The van der Waals surface area contributed by atoms with Crippen molar-refractivity contribution in [3.8, 4) is 0 Å². The molecule has 2 aromatic rings. The molecule has 1 aliphatic rings. The highest BCUT2D eigenvalue weighted by Crippen LogP contribution is 2.28. The molecule has 4 nitrogen and oxygen atoms in total. The lowest BCUT2D eigenvalue weighted by Gasteiger charge is -2.17.